The monoisotopic (exact) mass is 267 g/mol. The van der Waals surface area contributed by atoms with Gasteiger partial charge in [-0.25, -0.2) is 4.79 Å². The number of esters is 1. The molecule has 18 heavy (non-hydrogen) atoms. The van der Waals surface area contributed by atoms with Gasteiger partial charge in [-0.3, -0.25) is 4.79 Å². The second-order valence-electron chi connectivity index (χ2n) is 4.13. The number of hydrogen-bond donors (Lipinski definition) is 0. The van der Waals surface area contributed by atoms with Crippen LogP contribution in [0, 0.1) is 0 Å². The van der Waals surface area contributed by atoms with Gasteiger partial charge in [0.15, 0.2) is 0 Å². The van der Waals surface area contributed by atoms with E-state index < -0.39 is 5.97 Å². The van der Waals surface area contributed by atoms with E-state index in [0.717, 1.165) is 13.0 Å². The molecule has 0 saturated carbocycles. The molecule has 0 spiro atoms. The Morgan fingerprint density at radius 3 is 2.94 bits per heavy atom. The molecular formula is C13H14ClNO3. The van der Waals surface area contributed by atoms with Crippen LogP contribution in [0.4, 0.5) is 0 Å². The van der Waals surface area contributed by atoms with Gasteiger partial charge in [0.05, 0.1) is 12.1 Å². The molecule has 0 unspecified atom stereocenters. The molecular weight excluding hydrogens is 254 g/mol. The van der Waals surface area contributed by atoms with Gasteiger partial charge in [-0.1, -0.05) is 17.7 Å². The molecule has 0 atom stereocenters. The van der Waals surface area contributed by atoms with Crippen molar-refractivity contribution in [3.63, 3.8) is 0 Å². The fourth-order valence-corrected chi connectivity index (χ4v) is 2.08. The van der Waals surface area contributed by atoms with Gasteiger partial charge in [-0.05, 0) is 24.6 Å². The molecule has 96 valence electrons. The quantitative estimate of drug-likeness (QED) is 0.785. The van der Waals surface area contributed by atoms with E-state index in [1.165, 1.54) is 0 Å². The van der Waals surface area contributed by atoms with Crippen LogP contribution in [0.2, 0.25) is 5.02 Å². The molecule has 1 aliphatic heterocycles. The summed E-state index contributed by atoms with van der Waals surface area (Å²) in [6, 6.07) is 6.60. The van der Waals surface area contributed by atoms with Crippen LogP contribution in [0.25, 0.3) is 0 Å². The number of ether oxygens (including phenoxy) is 1. The van der Waals surface area contributed by atoms with Gasteiger partial charge in [0.2, 0.25) is 5.91 Å². The minimum absolute atomic E-state index is 0.133. The highest BCUT2D eigenvalue weighted by atomic mass is 35.5. The van der Waals surface area contributed by atoms with Gasteiger partial charge >= 0.3 is 5.97 Å². The van der Waals surface area contributed by atoms with E-state index in [0.29, 0.717) is 23.6 Å². The highest BCUT2D eigenvalue weighted by molar-refractivity contribution is 6.30. The number of likely N-dealkylation sites (tertiary alicyclic amines) is 1. The smallest absolute Gasteiger partial charge is 0.338 e. The van der Waals surface area contributed by atoms with Crippen molar-refractivity contribution >= 4 is 23.5 Å². The topological polar surface area (TPSA) is 46.6 Å². The molecule has 1 saturated heterocycles. The van der Waals surface area contributed by atoms with Crippen LogP contribution >= 0.6 is 11.6 Å². The number of halogens is 1. The lowest BCUT2D eigenvalue weighted by atomic mass is 10.2. The third-order valence-corrected chi connectivity index (χ3v) is 3.06. The van der Waals surface area contributed by atoms with E-state index in [4.69, 9.17) is 16.3 Å². The molecule has 0 N–H and O–H groups in total. The lowest BCUT2D eigenvalue weighted by molar-refractivity contribution is -0.128. The van der Waals surface area contributed by atoms with Crippen LogP contribution in [-0.2, 0) is 9.53 Å². The summed E-state index contributed by atoms with van der Waals surface area (Å²) in [5, 5.41) is 0.499. The van der Waals surface area contributed by atoms with Gasteiger partial charge in [-0.2, -0.15) is 0 Å². The Morgan fingerprint density at radius 2 is 2.28 bits per heavy atom. The van der Waals surface area contributed by atoms with Gasteiger partial charge in [0.25, 0.3) is 0 Å². The number of carbonyl (C=O) groups is 2. The van der Waals surface area contributed by atoms with Crippen LogP contribution in [0.5, 0.6) is 0 Å². The van der Waals surface area contributed by atoms with E-state index >= 15 is 0 Å². The maximum atomic E-state index is 11.7. The maximum absolute atomic E-state index is 11.7. The highest BCUT2D eigenvalue weighted by Crippen LogP contribution is 2.12. The van der Waals surface area contributed by atoms with Crippen molar-refractivity contribution in [3.8, 4) is 0 Å². The highest BCUT2D eigenvalue weighted by Gasteiger charge is 2.19. The Balaban J connectivity index is 1.80. The third kappa shape index (κ3) is 3.23. The number of amides is 1. The Hall–Kier alpha value is -1.55. The van der Waals surface area contributed by atoms with Crippen molar-refractivity contribution in [2.45, 2.75) is 12.8 Å². The first-order valence-corrected chi connectivity index (χ1v) is 6.25. The fraction of sp³-hybridized carbons (Fsp3) is 0.385. The Kier molecular flexibility index (Phi) is 4.20. The first kappa shape index (κ1) is 12.9. The predicted octanol–water partition coefficient (Wildman–Crippen LogP) is 2.12. The van der Waals surface area contributed by atoms with Crippen molar-refractivity contribution in [3.05, 3.63) is 34.9 Å². The zero-order chi connectivity index (χ0) is 13.0. The summed E-state index contributed by atoms with van der Waals surface area (Å²) < 4.78 is 5.10. The molecule has 5 heteroatoms. The normalized spacial score (nSPS) is 14.9. The molecule has 0 aliphatic carbocycles. The van der Waals surface area contributed by atoms with Crippen LogP contribution in [0.1, 0.15) is 23.2 Å². The van der Waals surface area contributed by atoms with E-state index in [9.17, 15) is 9.59 Å². The Labute approximate surface area is 110 Å². The number of rotatable bonds is 4. The average Bonchev–Trinajstić information content (AvgIpc) is 2.75. The van der Waals surface area contributed by atoms with Gasteiger partial charge in [0, 0.05) is 18.0 Å². The van der Waals surface area contributed by atoms with Crippen molar-refractivity contribution in [1.29, 1.82) is 0 Å². The second-order valence-corrected chi connectivity index (χ2v) is 4.57. The molecule has 0 bridgehead atoms. The lowest BCUT2D eigenvalue weighted by Crippen LogP contribution is -2.29. The Bertz CT molecular complexity index is 461. The molecule has 1 aromatic carbocycles. The predicted molar refractivity (Wildman–Crippen MR) is 67.5 cm³/mol. The van der Waals surface area contributed by atoms with Gasteiger partial charge < -0.3 is 9.64 Å². The first-order chi connectivity index (χ1) is 8.66. The molecule has 1 amide bonds. The molecule has 0 aromatic heterocycles. The summed E-state index contributed by atoms with van der Waals surface area (Å²) in [7, 11) is 0. The van der Waals surface area contributed by atoms with Crippen molar-refractivity contribution < 1.29 is 14.3 Å². The largest absolute Gasteiger partial charge is 0.460 e. The molecule has 1 aromatic rings. The van der Waals surface area contributed by atoms with E-state index in [-0.39, 0.29) is 12.5 Å². The minimum Gasteiger partial charge on any atom is -0.460 e. The van der Waals surface area contributed by atoms with Crippen LogP contribution in [-0.4, -0.2) is 36.5 Å². The summed E-state index contributed by atoms with van der Waals surface area (Å²) in [6.45, 7) is 1.44. The molecule has 1 fully saturated rings. The number of carbonyl (C=O) groups excluding carboxylic acids is 2. The van der Waals surface area contributed by atoms with Crippen molar-refractivity contribution in [1.82, 2.24) is 4.90 Å². The maximum Gasteiger partial charge on any atom is 0.338 e. The van der Waals surface area contributed by atoms with E-state index in [1.54, 1.807) is 29.2 Å². The molecule has 1 heterocycles. The third-order valence-electron chi connectivity index (χ3n) is 2.83. The summed E-state index contributed by atoms with van der Waals surface area (Å²) >= 11 is 5.79. The summed E-state index contributed by atoms with van der Waals surface area (Å²) in [5.41, 5.74) is 0.426. The minimum atomic E-state index is -0.413. The number of hydrogen-bond acceptors (Lipinski definition) is 3. The van der Waals surface area contributed by atoms with Crippen LogP contribution < -0.4 is 0 Å². The van der Waals surface area contributed by atoms with Gasteiger partial charge in [-0.15, -0.1) is 0 Å². The molecule has 0 radical (unpaired) electrons. The number of nitrogens with zero attached hydrogens (tertiary/aromatic N) is 1. The van der Waals surface area contributed by atoms with Crippen molar-refractivity contribution in [2.75, 3.05) is 19.7 Å². The van der Waals surface area contributed by atoms with Crippen LogP contribution in [0.15, 0.2) is 24.3 Å². The SMILES string of the molecule is O=C(OCCN1CCCC1=O)c1cccc(Cl)c1. The molecule has 2 rings (SSSR count). The molecule has 4 nitrogen and oxygen atoms in total. The second kappa shape index (κ2) is 5.87. The fourth-order valence-electron chi connectivity index (χ4n) is 1.89. The van der Waals surface area contributed by atoms with Gasteiger partial charge in [0.1, 0.15) is 6.61 Å². The summed E-state index contributed by atoms with van der Waals surface area (Å²) in [6.07, 6.45) is 1.49. The zero-order valence-corrected chi connectivity index (χ0v) is 10.7. The van der Waals surface area contributed by atoms with E-state index in [1.807, 2.05) is 0 Å². The van der Waals surface area contributed by atoms with Crippen LogP contribution in [0.3, 0.4) is 0 Å². The first-order valence-electron chi connectivity index (χ1n) is 5.87. The summed E-state index contributed by atoms with van der Waals surface area (Å²) in [5.74, 6) is -0.280. The van der Waals surface area contributed by atoms with E-state index in [2.05, 4.69) is 0 Å². The lowest BCUT2D eigenvalue weighted by Gasteiger charge is -2.15. The summed E-state index contributed by atoms with van der Waals surface area (Å²) in [4.78, 5) is 24.7. The standard InChI is InChI=1S/C13H14ClNO3/c14-11-4-1-3-10(9-11)13(17)18-8-7-15-6-2-5-12(15)16/h1,3-4,9H,2,5-8H2. The molecule has 1 aliphatic rings. The average molecular weight is 268 g/mol. The zero-order valence-electron chi connectivity index (χ0n) is 9.89. The van der Waals surface area contributed by atoms with Crippen molar-refractivity contribution in [2.24, 2.45) is 0 Å². The number of benzene rings is 1. The Morgan fingerprint density at radius 1 is 1.44 bits per heavy atom.